The summed E-state index contributed by atoms with van der Waals surface area (Å²) in [6, 6.07) is 12.6. The molecule has 0 aliphatic carbocycles. The summed E-state index contributed by atoms with van der Waals surface area (Å²) < 4.78 is 22.1. The summed E-state index contributed by atoms with van der Waals surface area (Å²) in [5, 5.41) is 22.8. The summed E-state index contributed by atoms with van der Waals surface area (Å²) in [5.41, 5.74) is 0.698. The molecule has 9 heteroatoms. The fourth-order valence-electron chi connectivity index (χ4n) is 3.81. The molecule has 1 heterocycles. The Bertz CT molecular complexity index is 1240. The third-order valence-electron chi connectivity index (χ3n) is 5.44. The van der Waals surface area contributed by atoms with E-state index in [2.05, 4.69) is 0 Å². The van der Waals surface area contributed by atoms with E-state index in [9.17, 15) is 19.9 Å². The third kappa shape index (κ3) is 4.32. The Hall–Kier alpha value is -4.27. The van der Waals surface area contributed by atoms with Gasteiger partial charge in [0.1, 0.15) is 12.2 Å². The van der Waals surface area contributed by atoms with Crippen LogP contribution < -0.4 is 18.9 Å². The lowest BCUT2D eigenvalue weighted by Crippen LogP contribution is -2.41. The summed E-state index contributed by atoms with van der Waals surface area (Å²) in [4.78, 5) is 24.7. The van der Waals surface area contributed by atoms with E-state index in [4.69, 9.17) is 18.9 Å². The number of nitrogens with zero attached hydrogens (tertiary/aromatic N) is 1. The first-order valence-electron chi connectivity index (χ1n) is 10.3. The topological polar surface area (TPSA) is 118 Å². The quantitative estimate of drug-likeness (QED) is 0.303. The van der Waals surface area contributed by atoms with Crippen LogP contribution in [0.5, 0.6) is 17.2 Å². The molecule has 178 valence electrons. The average Bonchev–Trinajstić information content (AvgIpc) is 2.84. The van der Waals surface area contributed by atoms with Gasteiger partial charge in [0.2, 0.25) is 11.4 Å². The summed E-state index contributed by atoms with van der Waals surface area (Å²) >= 11 is 0. The number of carboxylic acid groups (broad SMARTS) is 1. The number of hydrogen-bond acceptors (Lipinski definition) is 7. The largest absolute Gasteiger partial charge is 0.618 e. The lowest BCUT2D eigenvalue weighted by atomic mass is 9.91. The summed E-state index contributed by atoms with van der Waals surface area (Å²) in [7, 11) is 4.05. The first-order valence-corrected chi connectivity index (χ1v) is 10.3. The number of carbonyl (C=O) groups is 2. The van der Waals surface area contributed by atoms with Crippen LogP contribution in [0.15, 0.2) is 42.5 Å². The van der Waals surface area contributed by atoms with Crippen molar-refractivity contribution in [2.45, 2.75) is 20.5 Å². The Kier molecular flexibility index (Phi) is 7.25. The van der Waals surface area contributed by atoms with Gasteiger partial charge in [-0.15, -0.1) is 0 Å². The normalized spacial score (nSPS) is 10.5. The zero-order valence-electron chi connectivity index (χ0n) is 19.5. The number of carboxylic acids is 1. The Balaban J connectivity index is 2.37. The van der Waals surface area contributed by atoms with E-state index < -0.39 is 11.9 Å². The minimum atomic E-state index is -1.33. The van der Waals surface area contributed by atoms with Gasteiger partial charge in [0.15, 0.2) is 11.5 Å². The van der Waals surface area contributed by atoms with Gasteiger partial charge in [-0.2, -0.15) is 4.73 Å². The predicted octanol–water partition coefficient (Wildman–Crippen LogP) is 3.68. The predicted molar refractivity (Wildman–Crippen MR) is 122 cm³/mol. The Morgan fingerprint density at radius 3 is 2.21 bits per heavy atom. The van der Waals surface area contributed by atoms with E-state index in [-0.39, 0.29) is 50.9 Å². The number of aromatic carboxylic acids is 1. The Morgan fingerprint density at radius 2 is 1.65 bits per heavy atom. The molecular formula is C25H25NO8. The van der Waals surface area contributed by atoms with Crippen molar-refractivity contribution in [2.75, 3.05) is 21.3 Å². The monoisotopic (exact) mass is 467 g/mol. The van der Waals surface area contributed by atoms with Crippen molar-refractivity contribution in [1.82, 2.24) is 0 Å². The lowest BCUT2D eigenvalue weighted by molar-refractivity contribution is -0.615. The first-order chi connectivity index (χ1) is 16.3. The van der Waals surface area contributed by atoms with Gasteiger partial charge in [0.05, 0.1) is 21.3 Å². The second-order valence-electron chi connectivity index (χ2n) is 7.35. The maximum atomic E-state index is 12.8. The molecule has 0 spiro atoms. The van der Waals surface area contributed by atoms with Gasteiger partial charge in [-0.25, -0.2) is 9.59 Å². The minimum Gasteiger partial charge on any atom is -0.618 e. The molecule has 0 atom stereocenters. The number of hydrogen-bond donors (Lipinski definition) is 1. The van der Waals surface area contributed by atoms with Crippen molar-refractivity contribution in [3.05, 3.63) is 75.8 Å². The molecule has 1 N–H and O–H groups in total. The SMILES string of the molecule is COC(=O)c1c(C)c(-c2ccc(OC)c(OC)c2OCc2ccccc2)c(C(=O)O)c(C)[n+]1[O-]. The molecule has 0 aliphatic rings. The molecular weight excluding hydrogens is 442 g/mol. The molecule has 34 heavy (non-hydrogen) atoms. The van der Waals surface area contributed by atoms with Gasteiger partial charge in [-0.3, -0.25) is 0 Å². The lowest BCUT2D eigenvalue weighted by Gasteiger charge is -2.21. The second-order valence-corrected chi connectivity index (χ2v) is 7.35. The van der Waals surface area contributed by atoms with E-state index in [1.54, 1.807) is 12.1 Å². The van der Waals surface area contributed by atoms with Crippen molar-refractivity contribution in [1.29, 1.82) is 0 Å². The molecule has 0 bridgehead atoms. The molecule has 0 aliphatic heterocycles. The van der Waals surface area contributed by atoms with Gasteiger partial charge in [0, 0.05) is 23.6 Å². The molecule has 0 radical (unpaired) electrons. The molecule has 0 amide bonds. The van der Waals surface area contributed by atoms with Crippen LogP contribution in [0.25, 0.3) is 11.1 Å². The van der Waals surface area contributed by atoms with Crippen molar-refractivity contribution < 1.29 is 38.4 Å². The van der Waals surface area contributed by atoms with Crippen LogP contribution in [0.4, 0.5) is 0 Å². The van der Waals surface area contributed by atoms with Crippen LogP contribution in [0.2, 0.25) is 0 Å². The molecule has 2 aromatic carbocycles. The molecule has 0 unspecified atom stereocenters. The first kappa shape index (κ1) is 24.4. The highest BCUT2D eigenvalue weighted by molar-refractivity contribution is 6.01. The molecule has 1 aromatic heterocycles. The van der Waals surface area contributed by atoms with Crippen LogP contribution in [-0.2, 0) is 11.3 Å². The zero-order chi connectivity index (χ0) is 25.0. The van der Waals surface area contributed by atoms with Crippen LogP contribution >= 0.6 is 0 Å². The number of benzene rings is 2. The van der Waals surface area contributed by atoms with E-state index in [1.165, 1.54) is 28.1 Å². The van der Waals surface area contributed by atoms with E-state index >= 15 is 0 Å². The van der Waals surface area contributed by atoms with Gasteiger partial charge in [-0.1, -0.05) is 30.3 Å². The van der Waals surface area contributed by atoms with Crippen molar-refractivity contribution in [3.8, 4) is 28.4 Å². The van der Waals surface area contributed by atoms with Crippen molar-refractivity contribution in [3.63, 3.8) is 0 Å². The summed E-state index contributed by atoms with van der Waals surface area (Å²) in [5.74, 6) is -1.41. The van der Waals surface area contributed by atoms with Gasteiger partial charge >= 0.3 is 17.6 Å². The molecule has 0 saturated heterocycles. The fraction of sp³-hybridized carbons (Fsp3) is 0.240. The highest BCUT2D eigenvalue weighted by atomic mass is 16.5. The molecule has 0 fully saturated rings. The van der Waals surface area contributed by atoms with Crippen LogP contribution in [0, 0.1) is 19.1 Å². The highest BCUT2D eigenvalue weighted by Gasteiger charge is 2.34. The number of methoxy groups -OCH3 is 3. The Labute approximate surface area is 196 Å². The molecule has 9 nitrogen and oxygen atoms in total. The van der Waals surface area contributed by atoms with E-state index in [1.807, 2.05) is 30.3 Å². The van der Waals surface area contributed by atoms with Gasteiger partial charge < -0.3 is 29.3 Å². The number of aromatic nitrogens is 1. The molecule has 3 rings (SSSR count). The fourth-order valence-corrected chi connectivity index (χ4v) is 3.81. The zero-order valence-corrected chi connectivity index (χ0v) is 19.5. The minimum absolute atomic E-state index is 0.127. The number of carbonyl (C=O) groups excluding carboxylic acids is 1. The van der Waals surface area contributed by atoms with Crippen molar-refractivity contribution >= 4 is 11.9 Å². The molecule has 0 saturated carbocycles. The van der Waals surface area contributed by atoms with Gasteiger partial charge in [-0.05, 0) is 24.6 Å². The summed E-state index contributed by atoms with van der Waals surface area (Å²) in [6.07, 6.45) is 0. The number of ether oxygens (including phenoxy) is 4. The maximum absolute atomic E-state index is 12.8. The highest BCUT2D eigenvalue weighted by Crippen LogP contribution is 2.47. The van der Waals surface area contributed by atoms with E-state index in [0.717, 1.165) is 12.7 Å². The van der Waals surface area contributed by atoms with Crippen LogP contribution in [0.3, 0.4) is 0 Å². The third-order valence-corrected chi connectivity index (χ3v) is 5.44. The molecule has 3 aromatic rings. The summed E-state index contributed by atoms with van der Waals surface area (Å²) in [6.45, 7) is 2.96. The number of rotatable bonds is 8. The van der Waals surface area contributed by atoms with Crippen LogP contribution in [-0.4, -0.2) is 38.4 Å². The smallest absolute Gasteiger partial charge is 0.405 e. The second kappa shape index (κ2) is 10.1. The average molecular weight is 467 g/mol. The number of esters is 1. The Morgan fingerprint density at radius 1 is 0.971 bits per heavy atom. The maximum Gasteiger partial charge on any atom is 0.405 e. The van der Waals surface area contributed by atoms with Crippen LogP contribution in [0.1, 0.15) is 37.7 Å². The van der Waals surface area contributed by atoms with E-state index in [0.29, 0.717) is 11.3 Å². The number of pyridine rings is 1. The van der Waals surface area contributed by atoms with Crippen molar-refractivity contribution in [2.24, 2.45) is 0 Å². The standard InChI is InChI=1S/C25H25NO8/c1-14-19(20(24(27)28)15(2)26(30)21(14)25(29)33-5)17-11-12-18(31-3)23(32-4)22(17)34-13-16-9-7-6-8-10-16/h6-12H,13H2,1-5H3,(H,27,28). The van der Waals surface area contributed by atoms with Gasteiger partial charge in [0.25, 0.3) is 0 Å².